The van der Waals surface area contributed by atoms with Gasteiger partial charge in [-0.15, -0.1) is 10.2 Å². The lowest BCUT2D eigenvalue weighted by molar-refractivity contribution is -0.156. The summed E-state index contributed by atoms with van der Waals surface area (Å²) in [6, 6.07) is 7.39. The van der Waals surface area contributed by atoms with Gasteiger partial charge in [0.15, 0.2) is 0 Å². The van der Waals surface area contributed by atoms with Crippen molar-refractivity contribution in [1.29, 1.82) is 0 Å². The third kappa shape index (κ3) is 1.95. The quantitative estimate of drug-likeness (QED) is 0.719. The number of rotatable bonds is 2. The number of aromatic nitrogens is 3. The molecule has 0 atom stereocenters. The fourth-order valence-corrected chi connectivity index (χ4v) is 2.13. The molecule has 0 radical (unpaired) electrons. The lowest BCUT2D eigenvalue weighted by Crippen LogP contribution is -2.04. The Morgan fingerprint density at radius 2 is 1.95 bits per heavy atom. The Kier molecular flexibility index (Phi) is 2.77. The van der Waals surface area contributed by atoms with Crippen molar-refractivity contribution in [1.82, 2.24) is 14.8 Å². The molecule has 0 aliphatic carbocycles. The second-order valence-corrected chi connectivity index (χ2v) is 4.26. The van der Waals surface area contributed by atoms with Crippen molar-refractivity contribution in [3.05, 3.63) is 36.4 Å². The van der Waals surface area contributed by atoms with E-state index in [2.05, 4.69) is 10.2 Å². The molecular weight excluding hydrogens is 271 g/mol. The minimum Gasteiger partial charge on any atom is -0.413 e. The smallest absolute Gasteiger partial charge is 0.413 e. The summed E-state index contributed by atoms with van der Waals surface area (Å²) in [6.45, 7) is 2.64. The highest BCUT2D eigenvalue weighted by molar-refractivity contribution is 5.93. The predicted molar refractivity (Wildman–Crippen MR) is 65.9 cm³/mol. The van der Waals surface area contributed by atoms with E-state index in [0.29, 0.717) is 12.1 Å². The summed E-state index contributed by atoms with van der Waals surface area (Å²) in [7, 11) is 0. The van der Waals surface area contributed by atoms with Gasteiger partial charge in [-0.05, 0) is 13.0 Å². The van der Waals surface area contributed by atoms with E-state index in [4.69, 9.17) is 4.42 Å². The van der Waals surface area contributed by atoms with Gasteiger partial charge in [0, 0.05) is 23.6 Å². The zero-order valence-corrected chi connectivity index (χ0v) is 10.5. The van der Waals surface area contributed by atoms with Crippen molar-refractivity contribution >= 4 is 10.9 Å². The molecule has 0 spiro atoms. The number of halogens is 3. The lowest BCUT2D eigenvalue weighted by atomic mass is 10.2. The molecule has 0 saturated heterocycles. The summed E-state index contributed by atoms with van der Waals surface area (Å²) >= 11 is 0. The molecule has 20 heavy (non-hydrogen) atoms. The Balaban J connectivity index is 2.17. The molecule has 104 valence electrons. The van der Waals surface area contributed by atoms with Crippen molar-refractivity contribution in [3.8, 4) is 11.5 Å². The van der Waals surface area contributed by atoms with Crippen LogP contribution in [0.15, 0.2) is 34.9 Å². The number of hydrogen-bond acceptors (Lipinski definition) is 3. The molecule has 7 heteroatoms. The minimum atomic E-state index is -4.63. The van der Waals surface area contributed by atoms with Crippen LogP contribution >= 0.6 is 0 Å². The van der Waals surface area contributed by atoms with Crippen LogP contribution in [0.5, 0.6) is 0 Å². The molecule has 3 rings (SSSR count). The molecule has 2 aromatic heterocycles. The number of aryl methyl sites for hydroxylation is 1. The first-order chi connectivity index (χ1) is 9.50. The van der Waals surface area contributed by atoms with Crippen LogP contribution < -0.4 is 0 Å². The molecule has 4 nitrogen and oxygen atoms in total. The number of para-hydroxylation sites is 1. The molecule has 0 bridgehead atoms. The zero-order chi connectivity index (χ0) is 14.3. The Morgan fingerprint density at radius 1 is 1.20 bits per heavy atom. The number of hydrogen-bond donors (Lipinski definition) is 0. The van der Waals surface area contributed by atoms with Crippen molar-refractivity contribution in [2.45, 2.75) is 19.6 Å². The van der Waals surface area contributed by atoms with Gasteiger partial charge in [0.05, 0.1) is 5.56 Å². The van der Waals surface area contributed by atoms with Gasteiger partial charge in [-0.1, -0.05) is 18.2 Å². The number of fused-ring (bicyclic) bond motifs is 1. The minimum absolute atomic E-state index is 0.124. The first kappa shape index (κ1) is 12.7. The SMILES string of the molecule is CCn1cc(-c2nnc(C(F)(F)F)o2)c2ccccc21. The van der Waals surface area contributed by atoms with Gasteiger partial charge < -0.3 is 8.98 Å². The molecule has 0 fully saturated rings. The first-order valence-electron chi connectivity index (χ1n) is 5.99. The highest BCUT2D eigenvalue weighted by Gasteiger charge is 2.38. The maximum atomic E-state index is 12.5. The van der Waals surface area contributed by atoms with Crippen molar-refractivity contribution < 1.29 is 17.6 Å². The maximum absolute atomic E-state index is 12.5. The van der Waals surface area contributed by atoms with E-state index in [1.165, 1.54) is 0 Å². The lowest BCUT2D eigenvalue weighted by Gasteiger charge is -1.97. The van der Waals surface area contributed by atoms with E-state index in [-0.39, 0.29) is 5.89 Å². The van der Waals surface area contributed by atoms with Crippen molar-refractivity contribution in [2.75, 3.05) is 0 Å². The monoisotopic (exact) mass is 281 g/mol. The van der Waals surface area contributed by atoms with E-state index in [1.54, 1.807) is 6.20 Å². The Morgan fingerprint density at radius 3 is 2.60 bits per heavy atom. The van der Waals surface area contributed by atoms with Crippen LogP contribution in [0.3, 0.4) is 0 Å². The summed E-state index contributed by atoms with van der Waals surface area (Å²) in [5.74, 6) is -1.46. The van der Waals surface area contributed by atoms with E-state index >= 15 is 0 Å². The van der Waals surface area contributed by atoms with Crippen LogP contribution in [-0.2, 0) is 12.7 Å². The fraction of sp³-hybridized carbons (Fsp3) is 0.231. The summed E-state index contributed by atoms with van der Waals surface area (Å²) in [5.41, 5.74) is 1.42. The van der Waals surface area contributed by atoms with Crippen LogP contribution in [0.4, 0.5) is 13.2 Å². The van der Waals surface area contributed by atoms with Crippen LogP contribution in [0.25, 0.3) is 22.4 Å². The van der Waals surface area contributed by atoms with Crippen LogP contribution in [0, 0.1) is 0 Å². The number of benzene rings is 1. The van der Waals surface area contributed by atoms with Gasteiger partial charge in [-0.25, -0.2) is 0 Å². The van der Waals surface area contributed by atoms with Crippen molar-refractivity contribution in [3.63, 3.8) is 0 Å². The van der Waals surface area contributed by atoms with E-state index < -0.39 is 12.1 Å². The van der Waals surface area contributed by atoms with Gasteiger partial charge in [-0.2, -0.15) is 13.2 Å². The average molecular weight is 281 g/mol. The molecule has 1 aromatic carbocycles. The molecular formula is C13H10F3N3O. The third-order valence-electron chi connectivity index (χ3n) is 3.03. The summed E-state index contributed by atoms with van der Waals surface area (Å²) in [5, 5.41) is 7.34. The Labute approximate surface area is 111 Å². The molecule has 0 aliphatic heterocycles. The van der Waals surface area contributed by atoms with Gasteiger partial charge in [0.2, 0.25) is 5.89 Å². The Hall–Kier alpha value is -2.31. The third-order valence-corrected chi connectivity index (χ3v) is 3.03. The van der Waals surface area contributed by atoms with Crippen LogP contribution in [0.1, 0.15) is 12.8 Å². The van der Waals surface area contributed by atoms with Gasteiger partial charge >= 0.3 is 12.1 Å². The molecule has 2 heterocycles. The predicted octanol–water partition coefficient (Wildman–Crippen LogP) is 3.73. The highest BCUT2D eigenvalue weighted by Crippen LogP contribution is 2.33. The number of alkyl halides is 3. The van der Waals surface area contributed by atoms with E-state index in [0.717, 1.165) is 10.9 Å². The largest absolute Gasteiger partial charge is 0.470 e. The van der Waals surface area contributed by atoms with Gasteiger partial charge in [0.1, 0.15) is 0 Å². The normalized spacial score (nSPS) is 12.2. The molecule has 0 N–H and O–H groups in total. The molecule has 0 aliphatic rings. The fourth-order valence-electron chi connectivity index (χ4n) is 2.13. The summed E-state index contributed by atoms with van der Waals surface area (Å²) in [6.07, 6.45) is -2.91. The second kappa shape index (κ2) is 4.36. The van der Waals surface area contributed by atoms with Crippen LogP contribution in [0.2, 0.25) is 0 Å². The molecule has 3 aromatic rings. The maximum Gasteiger partial charge on any atom is 0.470 e. The molecule has 0 saturated carbocycles. The van der Waals surface area contributed by atoms with Crippen LogP contribution in [-0.4, -0.2) is 14.8 Å². The van der Waals surface area contributed by atoms with E-state index in [9.17, 15) is 13.2 Å². The zero-order valence-electron chi connectivity index (χ0n) is 10.5. The van der Waals surface area contributed by atoms with Gasteiger partial charge in [0.25, 0.3) is 0 Å². The standard InChI is InChI=1S/C13H10F3N3O/c1-2-19-7-9(8-5-3-4-6-10(8)19)11-17-18-12(20-11)13(14,15)16/h3-7H,2H2,1H3. The topological polar surface area (TPSA) is 43.9 Å². The Bertz CT molecular complexity index is 758. The summed E-state index contributed by atoms with van der Waals surface area (Å²) in [4.78, 5) is 0. The molecule has 0 amide bonds. The number of nitrogens with zero attached hydrogens (tertiary/aromatic N) is 3. The second-order valence-electron chi connectivity index (χ2n) is 4.26. The van der Waals surface area contributed by atoms with E-state index in [1.807, 2.05) is 35.8 Å². The summed E-state index contributed by atoms with van der Waals surface area (Å²) < 4.78 is 44.2. The average Bonchev–Trinajstić information content (AvgIpc) is 3.02. The highest BCUT2D eigenvalue weighted by atomic mass is 19.4. The van der Waals surface area contributed by atoms with Gasteiger partial charge in [-0.3, -0.25) is 0 Å². The van der Waals surface area contributed by atoms with Crippen molar-refractivity contribution in [2.24, 2.45) is 0 Å². The molecule has 0 unspecified atom stereocenters. The first-order valence-corrected chi connectivity index (χ1v) is 5.99.